The molecule has 0 aliphatic heterocycles. The van der Waals surface area contributed by atoms with Crippen LogP contribution in [-0.2, 0) is 0 Å². The summed E-state index contributed by atoms with van der Waals surface area (Å²) in [6.45, 7) is 0. The minimum Gasteiger partial charge on any atom is -0.360 e. The van der Waals surface area contributed by atoms with Crippen molar-refractivity contribution in [2.24, 2.45) is 0 Å². The highest BCUT2D eigenvalue weighted by Gasteiger charge is 2.12. The molecule has 76 valence electrons. The van der Waals surface area contributed by atoms with Crippen molar-refractivity contribution < 1.29 is 4.92 Å². The molecule has 6 heteroatoms. The van der Waals surface area contributed by atoms with E-state index in [0.29, 0.717) is 11.4 Å². The lowest BCUT2D eigenvalue weighted by Gasteiger charge is -1.96. The smallest absolute Gasteiger partial charge is 0.333 e. The molecular formula is C9H7N3O3. The molecule has 0 aliphatic carbocycles. The Balaban J connectivity index is 2.52. The molecule has 0 spiro atoms. The number of pyridine rings is 1. The van der Waals surface area contributed by atoms with Gasteiger partial charge in [-0.05, 0) is 18.2 Å². The maximum Gasteiger partial charge on any atom is 0.333 e. The Morgan fingerprint density at radius 1 is 1.20 bits per heavy atom. The summed E-state index contributed by atoms with van der Waals surface area (Å²) in [7, 11) is 0. The fourth-order valence-electron chi connectivity index (χ4n) is 1.26. The van der Waals surface area contributed by atoms with E-state index in [4.69, 9.17) is 0 Å². The first-order valence-electron chi connectivity index (χ1n) is 4.20. The first-order chi connectivity index (χ1) is 7.18. The Bertz CT molecular complexity index is 542. The summed E-state index contributed by atoms with van der Waals surface area (Å²) in [5, 5.41) is 10.4. The highest BCUT2D eigenvalue weighted by molar-refractivity contribution is 5.55. The summed E-state index contributed by atoms with van der Waals surface area (Å²) in [6, 6.07) is 6.21. The fourth-order valence-corrected chi connectivity index (χ4v) is 1.26. The Morgan fingerprint density at radius 2 is 2.00 bits per heavy atom. The number of nitrogens with one attached hydrogen (secondary N) is 2. The largest absolute Gasteiger partial charge is 0.360 e. The van der Waals surface area contributed by atoms with Crippen molar-refractivity contribution in [2.75, 3.05) is 0 Å². The molecule has 0 aliphatic rings. The number of rotatable bonds is 2. The van der Waals surface area contributed by atoms with Gasteiger partial charge in [-0.3, -0.25) is 14.9 Å². The van der Waals surface area contributed by atoms with E-state index >= 15 is 0 Å². The predicted molar refractivity (Wildman–Crippen MR) is 53.5 cm³/mol. The zero-order valence-electron chi connectivity index (χ0n) is 7.56. The third-order valence-electron chi connectivity index (χ3n) is 1.97. The number of hydrogen-bond acceptors (Lipinski definition) is 3. The van der Waals surface area contributed by atoms with Crippen molar-refractivity contribution in [3.8, 4) is 11.4 Å². The molecule has 0 atom stereocenters. The van der Waals surface area contributed by atoms with Crippen LogP contribution in [0.2, 0.25) is 0 Å². The average Bonchev–Trinajstić information content (AvgIpc) is 2.69. The standard InChI is InChI=1S/C9H7N3O3/c13-9-8(12(14)15)4-3-7(11-9)6-2-1-5-10-6/h1-5,10H,(H,11,13). The number of H-pyrrole nitrogens is 2. The van der Waals surface area contributed by atoms with Gasteiger partial charge in [-0.25, -0.2) is 0 Å². The molecule has 6 nitrogen and oxygen atoms in total. The van der Waals surface area contributed by atoms with Crippen molar-refractivity contribution in [3.05, 3.63) is 50.9 Å². The van der Waals surface area contributed by atoms with E-state index in [1.807, 2.05) is 0 Å². The summed E-state index contributed by atoms with van der Waals surface area (Å²) in [5.74, 6) is 0. The zero-order valence-corrected chi connectivity index (χ0v) is 7.56. The molecule has 0 aromatic carbocycles. The quantitative estimate of drug-likeness (QED) is 0.571. The van der Waals surface area contributed by atoms with Gasteiger partial charge in [0.25, 0.3) is 0 Å². The van der Waals surface area contributed by atoms with Gasteiger partial charge in [0, 0.05) is 12.3 Å². The number of nitro groups is 1. The van der Waals surface area contributed by atoms with Crippen LogP contribution in [-0.4, -0.2) is 14.9 Å². The Labute approximate surface area is 83.7 Å². The molecule has 2 N–H and O–H groups in total. The molecule has 15 heavy (non-hydrogen) atoms. The fraction of sp³-hybridized carbons (Fsp3) is 0. The monoisotopic (exact) mass is 205 g/mol. The van der Waals surface area contributed by atoms with E-state index in [0.717, 1.165) is 0 Å². The lowest BCUT2D eigenvalue weighted by Crippen LogP contribution is -2.11. The van der Waals surface area contributed by atoms with Gasteiger partial charge in [0.1, 0.15) is 0 Å². The highest BCUT2D eigenvalue weighted by Crippen LogP contribution is 2.14. The van der Waals surface area contributed by atoms with Crippen LogP contribution >= 0.6 is 0 Å². The molecular weight excluding hydrogens is 198 g/mol. The van der Waals surface area contributed by atoms with Crippen molar-refractivity contribution >= 4 is 5.69 Å². The first kappa shape index (κ1) is 9.20. The minimum absolute atomic E-state index is 0.453. The number of aromatic nitrogens is 2. The zero-order chi connectivity index (χ0) is 10.8. The van der Waals surface area contributed by atoms with Crippen LogP contribution in [0.3, 0.4) is 0 Å². The van der Waals surface area contributed by atoms with E-state index in [-0.39, 0.29) is 0 Å². The minimum atomic E-state index is -0.711. The third kappa shape index (κ3) is 1.64. The van der Waals surface area contributed by atoms with Gasteiger partial charge >= 0.3 is 11.2 Å². The summed E-state index contributed by atoms with van der Waals surface area (Å²) >= 11 is 0. The maximum absolute atomic E-state index is 11.3. The molecule has 2 rings (SSSR count). The molecule has 0 saturated carbocycles. The van der Waals surface area contributed by atoms with Gasteiger partial charge in [-0.15, -0.1) is 0 Å². The van der Waals surface area contributed by atoms with Crippen LogP contribution in [0.5, 0.6) is 0 Å². The van der Waals surface area contributed by atoms with Crippen molar-refractivity contribution in [1.29, 1.82) is 0 Å². The number of hydrogen-bond donors (Lipinski definition) is 2. The molecule has 2 aromatic heterocycles. The van der Waals surface area contributed by atoms with E-state index in [2.05, 4.69) is 9.97 Å². The van der Waals surface area contributed by atoms with Gasteiger partial charge in [-0.1, -0.05) is 0 Å². The number of nitrogens with zero attached hydrogens (tertiary/aromatic N) is 1. The molecule has 0 amide bonds. The van der Waals surface area contributed by atoms with E-state index < -0.39 is 16.2 Å². The Kier molecular flexibility index (Phi) is 2.09. The summed E-state index contributed by atoms with van der Waals surface area (Å²) in [6.07, 6.45) is 1.70. The average molecular weight is 205 g/mol. The van der Waals surface area contributed by atoms with Crippen LogP contribution in [0.25, 0.3) is 11.4 Å². The van der Waals surface area contributed by atoms with Gasteiger partial charge in [0.05, 0.1) is 16.3 Å². The SMILES string of the molecule is O=c1[nH]c(-c2ccc[nH]2)ccc1[N+](=O)[O-]. The van der Waals surface area contributed by atoms with Crippen LogP contribution in [0.15, 0.2) is 35.3 Å². The molecule has 0 bridgehead atoms. The van der Waals surface area contributed by atoms with Crippen LogP contribution in [0, 0.1) is 10.1 Å². The summed E-state index contributed by atoms with van der Waals surface area (Å²) in [5.41, 5.74) is 0.0787. The Hall–Kier alpha value is -2.37. The second-order valence-electron chi connectivity index (χ2n) is 2.93. The molecule has 2 aromatic rings. The Morgan fingerprint density at radius 3 is 2.53 bits per heavy atom. The van der Waals surface area contributed by atoms with Crippen molar-refractivity contribution in [1.82, 2.24) is 9.97 Å². The van der Waals surface area contributed by atoms with Crippen LogP contribution in [0.4, 0.5) is 5.69 Å². The first-order valence-corrected chi connectivity index (χ1v) is 4.20. The maximum atomic E-state index is 11.3. The van der Waals surface area contributed by atoms with Crippen LogP contribution in [0.1, 0.15) is 0 Å². The van der Waals surface area contributed by atoms with Crippen molar-refractivity contribution in [2.45, 2.75) is 0 Å². The molecule has 2 heterocycles. The van der Waals surface area contributed by atoms with Gasteiger partial charge < -0.3 is 9.97 Å². The lowest BCUT2D eigenvalue weighted by molar-refractivity contribution is -0.386. The van der Waals surface area contributed by atoms with Crippen molar-refractivity contribution in [3.63, 3.8) is 0 Å². The summed E-state index contributed by atoms with van der Waals surface area (Å²) in [4.78, 5) is 26.3. The van der Waals surface area contributed by atoms with Crippen LogP contribution < -0.4 is 5.56 Å². The second kappa shape index (κ2) is 3.41. The summed E-state index contributed by atoms with van der Waals surface area (Å²) < 4.78 is 0. The van der Waals surface area contributed by atoms with E-state index in [1.165, 1.54) is 12.1 Å². The third-order valence-corrected chi connectivity index (χ3v) is 1.97. The lowest BCUT2D eigenvalue weighted by atomic mass is 10.2. The predicted octanol–water partition coefficient (Wildman–Crippen LogP) is 1.28. The molecule has 0 radical (unpaired) electrons. The van der Waals surface area contributed by atoms with Gasteiger partial charge in [-0.2, -0.15) is 0 Å². The molecule has 0 fully saturated rings. The number of aromatic amines is 2. The topological polar surface area (TPSA) is 91.8 Å². The van der Waals surface area contributed by atoms with Gasteiger partial charge in [0.2, 0.25) is 0 Å². The van der Waals surface area contributed by atoms with Gasteiger partial charge in [0.15, 0.2) is 0 Å². The highest BCUT2D eigenvalue weighted by atomic mass is 16.6. The molecule has 0 saturated heterocycles. The van der Waals surface area contributed by atoms with E-state index in [9.17, 15) is 14.9 Å². The normalized spacial score (nSPS) is 10.1. The van der Waals surface area contributed by atoms with E-state index in [1.54, 1.807) is 18.3 Å². The molecule has 0 unspecified atom stereocenters. The second-order valence-corrected chi connectivity index (χ2v) is 2.93.